The van der Waals surface area contributed by atoms with Crippen LogP contribution in [0.15, 0.2) is 0 Å². The predicted molar refractivity (Wildman–Crippen MR) is 78.7 cm³/mol. The highest BCUT2D eigenvalue weighted by molar-refractivity contribution is 5.43. The van der Waals surface area contributed by atoms with Crippen molar-refractivity contribution in [2.45, 2.75) is 38.6 Å². The second-order valence-electron chi connectivity index (χ2n) is 5.40. The molecule has 0 amide bonds. The fourth-order valence-electron chi connectivity index (χ4n) is 2.52. The third-order valence-electron chi connectivity index (χ3n) is 3.71. The molecule has 1 aromatic rings. The Balaban J connectivity index is 2.11. The largest absolute Gasteiger partial charge is 0.357 e. The summed E-state index contributed by atoms with van der Waals surface area (Å²) >= 11 is 0. The van der Waals surface area contributed by atoms with E-state index in [2.05, 4.69) is 32.5 Å². The van der Waals surface area contributed by atoms with E-state index in [4.69, 9.17) is 0 Å². The van der Waals surface area contributed by atoms with Crippen LogP contribution in [-0.4, -0.2) is 42.1 Å². The fourth-order valence-corrected chi connectivity index (χ4v) is 2.52. The Labute approximate surface area is 115 Å². The molecule has 19 heavy (non-hydrogen) atoms. The van der Waals surface area contributed by atoms with Crippen molar-refractivity contribution in [2.24, 2.45) is 5.92 Å². The summed E-state index contributed by atoms with van der Waals surface area (Å²) < 4.78 is 0. The summed E-state index contributed by atoms with van der Waals surface area (Å²) in [5.41, 5.74) is 0. The lowest BCUT2D eigenvalue weighted by Gasteiger charge is -2.21. The number of rotatable bonds is 5. The summed E-state index contributed by atoms with van der Waals surface area (Å²) in [7, 11) is 5.68. The minimum atomic E-state index is 0.407. The summed E-state index contributed by atoms with van der Waals surface area (Å²) in [6, 6.07) is 0.407. The van der Waals surface area contributed by atoms with Gasteiger partial charge in [0.05, 0.1) is 0 Å². The maximum Gasteiger partial charge on any atom is 0.231 e. The highest BCUT2D eigenvalue weighted by Crippen LogP contribution is 2.28. The zero-order valence-corrected chi connectivity index (χ0v) is 12.3. The van der Waals surface area contributed by atoms with Gasteiger partial charge in [0.15, 0.2) is 0 Å². The maximum absolute atomic E-state index is 4.44. The molecule has 2 rings (SSSR count). The van der Waals surface area contributed by atoms with Gasteiger partial charge in [-0.15, -0.1) is 0 Å². The lowest BCUT2D eigenvalue weighted by Crippen LogP contribution is -2.26. The van der Waals surface area contributed by atoms with Crippen LogP contribution in [0.1, 0.15) is 32.6 Å². The van der Waals surface area contributed by atoms with Crippen molar-refractivity contribution >= 4 is 17.8 Å². The molecule has 6 heteroatoms. The van der Waals surface area contributed by atoms with Crippen LogP contribution < -0.4 is 15.5 Å². The molecule has 1 atom stereocenters. The lowest BCUT2D eigenvalue weighted by molar-refractivity contribution is 0.480. The monoisotopic (exact) mass is 264 g/mol. The Hall–Kier alpha value is -1.59. The number of hydrogen-bond acceptors (Lipinski definition) is 6. The van der Waals surface area contributed by atoms with Crippen LogP contribution in [0.3, 0.4) is 0 Å². The van der Waals surface area contributed by atoms with E-state index >= 15 is 0 Å². The van der Waals surface area contributed by atoms with Gasteiger partial charge in [0.1, 0.15) is 0 Å². The Bertz CT molecular complexity index is 414. The molecule has 1 aliphatic rings. The first-order chi connectivity index (χ1) is 9.10. The highest BCUT2D eigenvalue weighted by Gasteiger charge is 2.22. The molecule has 0 radical (unpaired) electrons. The Morgan fingerprint density at radius 2 is 1.74 bits per heavy atom. The first kappa shape index (κ1) is 13.8. The first-order valence-corrected chi connectivity index (χ1v) is 6.98. The fraction of sp³-hybridized carbons (Fsp3) is 0.769. The number of anilines is 3. The third-order valence-corrected chi connectivity index (χ3v) is 3.71. The summed E-state index contributed by atoms with van der Waals surface area (Å²) in [4.78, 5) is 15.0. The summed E-state index contributed by atoms with van der Waals surface area (Å²) in [6.07, 6.45) is 5.30. The predicted octanol–water partition coefficient (Wildman–Crippen LogP) is 1.97. The molecule has 1 fully saturated rings. The molecule has 0 aromatic carbocycles. The molecule has 0 saturated heterocycles. The van der Waals surface area contributed by atoms with Crippen LogP contribution >= 0.6 is 0 Å². The Morgan fingerprint density at radius 3 is 2.32 bits per heavy atom. The van der Waals surface area contributed by atoms with Gasteiger partial charge >= 0.3 is 0 Å². The van der Waals surface area contributed by atoms with Crippen molar-refractivity contribution < 1.29 is 0 Å². The molecule has 0 bridgehead atoms. The van der Waals surface area contributed by atoms with Gasteiger partial charge in [-0.2, -0.15) is 15.0 Å². The average molecular weight is 264 g/mol. The molecule has 6 nitrogen and oxygen atoms in total. The van der Waals surface area contributed by atoms with E-state index in [1.807, 2.05) is 26.0 Å². The molecular formula is C13H24N6. The molecule has 106 valence electrons. The smallest absolute Gasteiger partial charge is 0.231 e. The summed E-state index contributed by atoms with van der Waals surface area (Å²) in [6.45, 7) is 2.22. The number of hydrogen-bond donors (Lipinski definition) is 2. The van der Waals surface area contributed by atoms with Crippen LogP contribution in [0.5, 0.6) is 0 Å². The van der Waals surface area contributed by atoms with Crippen LogP contribution in [-0.2, 0) is 0 Å². The average Bonchev–Trinajstić information content (AvgIpc) is 2.92. The van der Waals surface area contributed by atoms with E-state index in [-0.39, 0.29) is 0 Å². The molecule has 1 aliphatic carbocycles. The minimum absolute atomic E-state index is 0.407. The van der Waals surface area contributed by atoms with Gasteiger partial charge in [0.25, 0.3) is 0 Å². The summed E-state index contributed by atoms with van der Waals surface area (Å²) in [5.74, 6) is 2.65. The van der Waals surface area contributed by atoms with Crippen molar-refractivity contribution in [3.8, 4) is 0 Å². The molecular weight excluding hydrogens is 240 g/mol. The minimum Gasteiger partial charge on any atom is -0.357 e. The van der Waals surface area contributed by atoms with Gasteiger partial charge in [-0.05, 0) is 25.7 Å². The molecule has 1 heterocycles. The first-order valence-electron chi connectivity index (χ1n) is 6.98. The van der Waals surface area contributed by atoms with E-state index in [0.29, 0.717) is 23.9 Å². The van der Waals surface area contributed by atoms with Gasteiger partial charge in [-0.3, -0.25) is 0 Å². The standard InChI is InChI=1S/C13H24N6/c1-9(10-7-5-6-8-10)15-12-16-11(14-2)17-13(18-12)19(3)4/h9-10H,5-8H2,1-4H3,(H2,14,15,16,17,18). The van der Waals surface area contributed by atoms with Gasteiger partial charge in [-0.25, -0.2) is 0 Å². The van der Waals surface area contributed by atoms with Crippen molar-refractivity contribution in [1.82, 2.24) is 15.0 Å². The molecule has 1 aromatic heterocycles. The molecule has 0 aliphatic heterocycles. The van der Waals surface area contributed by atoms with E-state index in [0.717, 1.165) is 5.92 Å². The number of nitrogens with one attached hydrogen (secondary N) is 2. The number of nitrogens with zero attached hydrogens (tertiary/aromatic N) is 4. The molecule has 1 unspecified atom stereocenters. The molecule has 2 N–H and O–H groups in total. The molecule has 0 spiro atoms. The summed E-state index contributed by atoms with van der Waals surface area (Å²) in [5, 5.41) is 6.40. The van der Waals surface area contributed by atoms with Crippen LogP contribution in [0, 0.1) is 5.92 Å². The molecule has 1 saturated carbocycles. The van der Waals surface area contributed by atoms with Crippen molar-refractivity contribution in [3.63, 3.8) is 0 Å². The van der Waals surface area contributed by atoms with Gasteiger partial charge in [0.2, 0.25) is 17.8 Å². The van der Waals surface area contributed by atoms with Crippen molar-refractivity contribution in [2.75, 3.05) is 36.7 Å². The second-order valence-corrected chi connectivity index (χ2v) is 5.40. The van der Waals surface area contributed by atoms with Crippen molar-refractivity contribution in [3.05, 3.63) is 0 Å². The zero-order valence-electron chi connectivity index (χ0n) is 12.3. The van der Waals surface area contributed by atoms with E-state index in [9.17, 15) is 0 Å². The lowest BCUT2D eigenvalue weighted by atomic mass is 10.0. The Morgan fingerprint density at radius 1 is 1.11 bits per heavy atom. The topological polar surface area (TPSA) is 66.0 Å². The normalized spacial score (nSPS) is 17.3. The van der Waals surface area contributed by atoms with Crippen LogP contribution in [0.25, 0.3) is 0 Å². The van der Waals surface area contributed by atoms with Gasteiger partial charge < -0.3 is 15.5 Å². The van der Waals surface area contributed by atoms with Crippen LogP contribution in [0.2, 0.25) is 0 Å². The SMILES string of the molecule is CNc1nc(NC(C)C2CCCC2)nc(N(C)C)n1. The quantitative estimate of drug-likeness (QED) is 0.847. The van der Waals surface area contributed by atoms with E-state index in [1.54, 1.807) is 0 Å². The van der Waals surface area contributed by atoms with Crippen LogP contribution in [0.4, 0.5) is 17.8 Å². The van der Waals surface area contributed by atoms with Gasteiger partial charge in [-0.1, -0.05) is 12.8 Å². The van der Waals surface area contributed by atoms with Gasteiger partial charge in [0, 0.05) is 27.2 Å². The highest BCUT2D eigenvalue weighted by atomic mass is 15.3. The Kier molecular flexibility index (Phi) is 4.39. The van der Waals surface area contributed by atoms with E-state index < -0.39 is 0 Å². The third kappa shape index (κ3) is 3.45. The second kappa shape index (κ2) is 6.04. The van der Waals surface area contributed by atoms with E-state index in [1.165, 1.54) is 25.7 Å². The maximum atomic E-state index is 4.44. The zero-order chi connectivity index (χ0) is 13.8. The number of aromatic nitrogens is 3. The van der Waals surface area contributed by atoms with Crippen molar-refractivity contribution in [1.29, 1.82) is 0 Å².